The van der Waals surface area contributed by atoms with Gasteiger partial charge in [-0.25, -0.2) is 9.78 Å². The molecule has 0 amide bonds. The van der Waals surface area contributed by atoms with E-state index < -0.39 is 5.60 Å². The lowest BCUT2D eigenvalue weighted by Crippen LogP contribution is -2.67. The predicted molar refractivity (Wildman–Crippen MR) is 54.0 cm³/mol. The molecule has 3 aliphatic carbocycles. The maximum absolute atomic E-state index is 12.1. The van der Waals surface area contributed by atoms with Crippen LogP contribution in [0.5, 0.6) is 0 Å². The molecule has 4 fully saturated rings. The van der Waals surface area contributed by atoms with Crippen molar-refractivity contribution < 1.29 is 14.6 Å². The number of hydrogen-bond donors (Lipinski definition) is 0. The Morgan fingerprint density at radius 3 is 2.80 bits per heavy atom. The fraction of sp³-hybridized carbons (Fsp3) is 0.917. The first-order chi connectivity index (χ1) is 7.07. The number of rotatable bonds is 0. The van der Waals surface area contributed by atoms with Gasteiger partial charge in [-0.05, 0) is 30.6 Å². The van der Waals surface area contributed by atoms with Crippen LogP contribution in [0.1, 0.15) is 39.5 Å². The summed E-state index contributed by atoms with van der Waals surface area (Å²) in [6.45, 7) is 5.15. The summed E-state index contributed by atoms with van der Waals surface area (Å²) >= 11 is 0. The van der Waals surface area contributed by atoms with Crippen molar-refractivity contribution >= 4 is 5.78 Å². The van der Waals surface area contributed by atoms with Crippen LogP contribution in [0.25, 0.3) is 0 Å². The first-order valence-electron chi connectivity index (χ1n) is 5.91. The van der Waals surface area contributed by atoms with Crippen LogP contribution in [0.4, 0.5) is 0 Å². The van der Waals surface area contributed by atoms with Gasteiger partial charge >= 0.3 is 0 Å². The standard InChI is InChI=1S/C12H18O3/c1-11(2)8-6-9(11)12(10(13)7-8)4-3-5-14-15-12/h8-9H,3-7H2,1-2H3/t8?,9?,12-/m1/s1. The molecule has 4 aliphatic rings. The van der Waals surface area contributed by atoms with Crippen molar-refractivity contribution in [3.63, 3.8) is 0 Å². The lowest BCUT2D eigenvalue weighted by Gasteiger charge is -2.63. The summed E-state index contributed by atoms with van der Waals surface area (Å²) in [6, 6.07) is 0. The van der Waals surface area contributed by atoms with E-state index in [0.29, 0.717) is 24.9 Å². The van der Waals surface area contributed by atoms with Crippen molar-refractivity contribution in [1.29, 1.82) is 0 Å². The third-order valence-electron chi connectivity index (χ3n) is 4.92. The minimum absolute atomic E-state index is 0.259. The minimum Gasteiger partial charge on any atom is -0.296 e. The molecule has 3 heteroatoms. The highest BCUT2D eigenvalue weighted by atomic mass is 17.2. The Balaban J connectivity index is 1.95. The Morgan fingerprint density at radius 2 is 2.20 bits per heavy atom. The number of hydrogen-bond acceptors (Lipinski definition) is 3. The molecule has 1 aliphatic heterocycles. The number of carbonyl (C=O) groups is 1. The summed E-state index contributed by atoms with van der Waals surface area (Å²) in [6.07, 6.45) is 3.63. The third kappa shape index (κ3) is 1.06. The SMILES string of the molecule is CC1(C)C2CC(=O)[C@@]3(CCCOO3)C1C2. The number of Topliss-reactive ketones (excluding diaryl/α,β-unsaturated/α-hetero) is 1. The highest BCUT2D eigenvalue weighted by Gasteiger charge is 2.67. The highest BCUT2D eigenvalue weighted by Crippen LogP contribution is 2.64. The number of fused-ring (bicyclic) bond motifs is 1. The zero-order valence-electron chi connectivity index (χ0n) is 9.41. The number of carbonyl (C=O) groups excluding carboxylic acids is 1. The summed E-state index contributed by atoms with van der Waals surface area (Å²) in [5.41, 5.74) is -0.328. The summed E-state index contributed by atoms with van der Waals surface area (Å²) < 4.78 is 0. The lowest BCUT2D eigenvalue weighted by molar-refractivity contribution is -0.404. The molecule has 2 unspecified atom stereocenters. The molecule has 1 heterocycles. The van der Waals surface area contributed by atoms with Crippen molar-refractivity contribution in [3.8, 4) is 0 Å². The molecule has 1 spiro atoms. The van der Waals surface area contributed by atoms with Gasteiger partial charge in [0.15, 0.2) is 11.4 Å². The monoisotopic (exact) mass is 210 g/mol. The summed E-state index contributed by atoms with van der Waals surface area (Å²) in [4.78, 5) is 22.7. The van der Waals surface area contributed by atoms with E-state index in [2.05, 4.69) is 13.8 Å². The average molecular weight is 210 g/mol. The van der Waals surface area contributed by atoms with Gasteiger partial charge in [-0.2, -0.15) is 0 Å². The first kappa shape index (κ1) is 9.79. The molecule has 1 saturated heterocycles. The molecular formula is C12H18O3. The molecule has 84 valence electrons. The quantitative estimate of drug-likeness (QED) is 0.574. The Morgan fingerprint density at radius 1 is 1.40 bits per heavy atom. The zero-order chi connectivity index (χ0) is 10.7. The van der Waals surface area contributed by atoms with Crippen LogP contribution in [0, 0.1) is 17.3 Å². The lowest BCUT2D eigenvalue weighted by atomic mass is 9.43. The first-order valence-corrected chi connectivity index (χ1v) is 5.91. The van der Waals surface area contributed by atoms with Crippen molar-refractivity contribution in [3.05, 3.63) is 0 Å². The second-order valence-electron chi connectivity index (χ2n) is 5.83. The molecule has 0 aromatic rings. The molecule has 0 radical (unpaired) electrons. The Bertz CT molecular complexity index is 302. The largest absolute Gasteiger partial charge is 0.296 e. The zero-order valence-corrected chi connectivity index (χ0v) is 9.41. The fourth-order valence-electron chi connectivity index (χ4n) is 3.74. The van der Waals surface area contributed by atoms with Crippen LogP contribution in [0.2, 0.25) is 0 Å². The van der Waals surface area contributed by atoms with Crippen molar-refractivity contribution in [2.24, 2.45) is 17.3 Å². The Kier molecular flexibility index (Phi) is 1.85. The van der Waals surface area contributed by atoms with Crippen LogP contribution in [-0.4, -0.2) is 18.0 Å². The molecule has 0 aromatic carbocycles. The molecule has 4 rings (SSSR count). The summed E-state index contributed by atoms with van der Waals surface area (Å²) in [7, 11) is 0. The maximum atomic E-state index is 12.1. The van der Waals surface area contributed by atoms with Crippen LogP contribution >= 0.6 is 0 Å². The molecule has 3 nitrogen and oxygen atoms in total. The Hall–Kier alpha value is -0.410. The van der Waals surface area contributed by atoms with Gasteiger partial charge < -0.3 is 0 Å². The van der Waals surface area contributed by atoms with E-state index in [4.69, 9.17) is 9.78 Å². The molecule has 3 atom stereocenters. The fourth-order valence-corrected chi connectivity index (χ4v) is 3.74. The van der Waals surface area contributed by atoms with Crippen LogP contribution in [0.15, 0.2) is 0 Å². The molecule has 3 saturated carbocycles. The van der Waals surface area contributed by atoms with Gasteiger partial charge in [0, 0.05) is 12.3 Å². The van der Waals surface area contributed by atoms with Crippen LogP contribution in [-0.2, 0) is 14.6 Å². The number of ketones is 1. The maximum Gasteiger partial charge on any atom is 0.168 e. The van der Waals surface area contributed by atoms with E-state index >= 15 is 0 Å². The normalized spacial score (nSPS) is 47.7. The van der Waals surface area contributed by atoms with E-state index in [0.717, 1.165) is 19.3 Å². The van der Waals surface area contributed by atoms with Crippen LogP contribution in [0.3, 0.4) is 0 Å². The summed E-state index contributed by atoms with van der Waals surface area (Å²) in [5.74, 6) is 1.23. The molecule has 15 heavy (non-hydrogen) atoms. The van der Waals surface area contributed by atoms with Crippen molar-refractivity contribution in [2.75, 3.05) is 6.61 Å². The third-order valence-corrected chi connectivity index (χ3v) is 4.92. The second kappa shape index (κ2) is 2.83. The van der Waals surface area contributed by atoms with Crippen LogP contribution < -0.4 is 0 Å². The smallest absolute Gasteiger partial charge is 0.168 e. The van der Waals surface area contributed by atoms with E-state index in [1.165, 1.54) is 0 Å². The van der Waals surface area contributed by atoms with E-state index in [9.17, 15) is 4.79 Å². The van der Waals surface area contributed by atoms with E-state index in [1.54, 1.807) is 0 Å². The van der Waals surface area contributed by atoms with Crippen molar-refractivity contribution in [2.45, 2.75) is 45.1 Å². The second-order valence-corrected chi connectivity index (χ2v) is 5.83. The topological polar surface area (TPSA) is 35.5 Å². The molecule has 2 bridgehead atoms. The molecule has 0 N–H and O–H groups in total. The minimum atomic E-state index is -0.587. The van der Waals surface area contributed by atoms with E-state index in [1.807, 2.05) is 0 Å². The summed E-state index contributed by atoms with van der Waals surface area (Å²) in [5, 5.41) is 0. The molecule has 0 aromatic heterocycles. The van der Waals surface area contributed by atoms with Gasteiger partial charge in [0.2, 0.25) is 0 Å². The van der Waals surface area contributed by atoms with E-state index in [-0.39, 0.29) is 11.2 Å². The predicted octanol–water partition coefficient (Wildman–Crippen LogP) is 2.10. The highest BCUT2D eigenvalue weighted by molar-refractivity contribution is 5.90. The van der Waals surface area contributed by atoms with Crippen molar-refractivity contribution in [1.82, 2.24) is 0 Å². The van der Waals surface area contributed by atoms with Gasteiger partial charge in [0.1, 0.15) is 0 Å². The van der Waals surface area contributed by atoms with Gasteiger partial charge in [-0.3, -0.25) is 4.79 Å². The van der Waals surface area contributed by atoms with Gasteiger partial charge in [-0.15, -0.1) is 0 Å². The Labute approximate surface area is 90.1 Å². The van der Waals surface area contributed by atoms with Gasteiger partial charge in [0.25, 0.3) is 0 Å². The van der Waals surface area contributed by atoms with Gasteiger partial charge in [-0.1, -0.05) is 13.8 Å². The van der Waals surface area contributed by atoms with Gasteiger partial charge in [0.05, 0.1) is 6.61 Å². The average Bonchev–Trinajstić information content (AvgIpc) is 2.23. The molecular weight excluding hydrogens is 192 g/mol.